The van der Waals surface area contributed by atoms with E-state index >= 15 is 0 Å². The zero-order valence-corrected chi connectivity index (χ0v) is 15.3. The minimum atomic E-state index is -1.45. The Labute approximate surface area is 156 Å². The third-order valence-corrected chi connectivity index (χ3v) is 6.51. The van der Waals surface area contributed by atoms with Crippen LogP contribution in [0.1, 0.15) is 5.69 Å². The quantitative estimate of drug-likeness (QED) is 0.342. The van der Waals surface area contributed by atoms with Gasteiger partial charge in [0.2, 0.25) is 11.8 Å². The fraction of sp³-hybridized carbons (Fsp3) is 0.333. The van der Waals surface area contributed by atoms with Gasteiger partial charge in [-0.3, -0.25) is 9.69 Å². The van der Waals surface area contributed by atoms with Crippen LogP contribution in [0.3, 0.4) is 0 Å². The van der Waals surface area contributed by atoms with Crippen LogP contribution in [0.15, 0.2) is 34.8 Å². The van der Waals surface area contributed by atoms with Gasteiger partial charge >= 0.3 is 6.16 Å². The molecule has 4 rings (SSSR count). The van der Waals surface area contributed by atoms with Gasteiger partial charge in [-0.05, 0) is 13.0 Å². The summed E-state index contributed by atoms with van der Waals surface area (Å²) in [4.78, 5) is 28.9. The largest absolute Gasteiger partial charge is 0.512 e. The predicted octanol–water partition coefficient (Wildman–Crippen LogP) is 1.28. The number of ether oxygens (including phenoxy) is 1. The van der Waals surface area contributed by atoms with Crippen LogP contribution in [0.2, 0.25) is 0 Å². The maximum Gasteiger partial charge on any atom is 0.512 e. The Morgan fingerprint density at radius 3 is 3.15 bits per heavy atom. The van der Waals surface area contributed by atoms with Crippen molar-refractivity contribution in [3.63, 3.8) is 0 Å². The number of carbonyl (C=O) groups excluding carboxylic acids is 1. The Morgan fingerprint density at radius 1 is 1.58 bits per heavy atom. The summed E-state index contributed by atoms with van der Waals surface area (Å²) in [6, 6.07) is 3.11. The number of aryl methyl sites for hydroxylation is 1. The molecule has 0 aromatic carbocycles. The molecule has 0 bridgehead atoms. The zero-order valence-electron chi connectivity index (χ0n) is 13.7. The predicted molar refractivity (Wildman–Crippen MR) is 95.7 cm³/mol. The molecule has 26 heavy (non-hydrogen) atoms. The fourth-order valence-corrected chi connectivity index (χ4v) is 5.34. The number of thioether (sulfide) groups is 2. The lowest BCUT2D eigenvalue weighted by molar-refractivity contribution is -0.144. The van der Waals surface area contributed by atoms with Crippen molar-refractivity contribution in [3.8, 4) is 0 Å². The zero-order chi connectivity index (χ0) is 18.4. The summed E-state index contributed by atoms with van der Waals surface area (Å²) in [5, 5.41) is 13.9. The summed E-state index contributed by atoms with van der Waals surface area (Å²) in [6.07, 6.45) is 0.223. The normalized spacial score (nSPS) is 22.4. The number of amides is 1. The van der Waals surface area contributed by atoms with E-state index in [0.29, 0.717) is 11.5 Å². The molecular formula is C15H15N5O4S2. The molecule has 136 valence electrons. The van der Waals surface area contributed by atoms with Crippen LogP contribution in [-0.2, 0) is 9.53 Å². The molecule has 1 fully saturated rings. The Hall–Kier alpha value is -2.24. The molecule has 2 aliphatic rings. The average molecular weight is 393 g/mol. The summed E-state index contributed by atoms with van der Waals surface area (Å²) < 4.78 is 6.65. The third kappa shape index (κ3) is 2.81. The van der Waals surface area contributed by atoms with E-state index in [1.165, 1.54) is 28.4 Å². The topological polar surface area (TPSA) is 123 Å². The molecule has 9 nitrogen and oxygen atoms in total. The summed E-state index contributed by atoms with van der Waals surface area (Å²) in [7, 11) is 0. The average Bonchev–Trinajstić information content (AvgIpc) is 3.07. The number of rotatable bonds is 4. The monoisotopic (exact) mass is 393 g/mol. The van der Waals surface area contributed by atoms with Crippen LogP contribution < -0.4 is 5.73 Å². The van der Waals surface area contributed by atoms with E-state index in [9.17, 15) is 9.59 Å². The molecule has 11 heteroatoms. The second-order valence-electron chi connectivity index (χ2n) is 5.84. The molecule has 0 unspecified atom stereocenters. The van der Waals surface area contributed by atoms with E-state index in [4.69, 9.17) is 15.6 Å². The van der Waals surface area contributed by atoms with Gasteiger partial charge in [-0.1, -0.05) is 0 Å². The van der Waals surface area contributed by atoms with Crippen LogP contribution in [0.25, 0.3) is 5.65 Å². The van der Waals surface area contributed by atoms with Crippen molar-refractivity contribution < 1.29 is 19.4 Å². The van der Waals surface area contributed by atoms with E-state index in [1.54, 1.807) is 10.7 Å². The standard InChI is InChI=1S/C15H15N5O4S2/c1-7-4-10(20-9(18-7)2-3-17-20)25-5-8-6-26-14-11(16)12(21)19(14)13(8)24-15(22)23/h2-4,11,14H,5-6,16H2,1H3,(H,22,23)/t11-,14-/m1/s1. The van der Waals surface area contributed by atoms with Gasteiger partial charge in [0, 0.05) is 28.8 Å². The van der Waals surface area contributed by atoms with Crippen molar-refractivity contribution in [2.75, 3.05) is 11.5 Å². The van der Waals surface area contributed by atoms with Gasteiger partial charge in [0.1, 0.15) is 16.4 Å². The molecule has 0 aliphatic carbocycles. The summed E-state index contributed by atoms with van der Waals surface area (Å²) >= 11 is 2.99. The second kappa shape index (κ2) is 6.49. The molecule has 1 amide bonds. The lowest BCUT2D eigenvalue weighted by Crippen LogP contribution is -2.68. The summed E-state index contributed by atoms with van der Waals surface area (Å²) in [6.45, 7) is 1.90. The van der Waals surface area contributed by atoms with Gasteiger partial charge < -0.3 is 15.6 Å². The highest BCUT2D eigenvalue weighted by atomic mass is 32.2. The van der Waals surface area contributed by atoms with Gasteiger partial charge in [0.15, 0.2) is 5.65 Å². The number of nitrogens with zero attached hydrogens (tertiary/aromatic N) is 4. The maximum absolute atomic E-state index is 12.0. The molecule has 0 spiro atoms. The highest BCUT2D eigenvalue weighted by Crippen LogP contribution is 2.41. The number of nitrogens with two attached hydrogens (primary N) is 1. The van der Waals surface area contributed by atoms with Crippen LogP contribution in [-0.4, -0.2) is 59.6 Å². The number of β-lactam (4-membered cyclic amide) rings is 1. The van der Waals surface area contributed by atoms with Gasteiger partial charge in [0.25, 0.3) is 0 Å². The first-order valence-corrected chi connectivity index (χ1v) is 9.76. The van der Waals surface area contributed by atoms with E-state index in [1.807, 2.05) is 19.1 Å². The number of carboxylic acid groups (broad SMARTS) is 1. The van der Waals surface area contributed by atoms with Crippen LogP contribution in [0.5, 0.6) is 0 Å². The minimum absolute atomic E-state index is 0.0861. The number of carbonyl (C=O) groups is 2. The van der Waals surface area contributed by atoms with Gasteiger partial charge in [-0.15, -0.1) is 23.5 Å². The maximum atomic E-state index is 12.0. The Morgan fingerprint density at radius 2 is 2.38 bits per heavy atom. The van der Waals surface area contributed by atoms with Crippen molar-refractivity contribution in [2.24, 2.45) is 5.73 Å². The molecule has 0 saturated carbocycles. The summed E-state index contributed by atoms with van der Waals surface area (Å²) in [5.74, 6) is 0.766. The van der Waals surface area contributed by atoms with Crippen LogP contribution >= 0.6 is 23.5 Å². The fourth-order valence-electron chi connectivity index (χ4n) is 2.87. The molecule has 2 atom stereocenters. The van der Waals surface area contributed by atoms with E-state index in [2.05, 4.69) is 10.1 Å². The van der Waals surface area contributed by atoms with E-state index in [0.717, 1.165) is 21.9 Å². The van der Waals surface area contributed by atoms with Gasteiger partial charge in [-0.25, -0.2) is 14.3 Å². The first kappa shape index (κ1) is 17.2. The highest BCUT2D eigenvalue weighted by Gasteiger charge is 2.51. The Kier molecular flexibility index (Phi) is 4.29. The van der Waals surface area contributed by atoms with Crippen molar-refractivity contribution >= 4 is 41.2 Å². The lowest BCUT2D eigenvalue weighted by Gasteiger charge is -2.47. The van der Waals surface area contributed by atoms with Crippen molar-refractivity contribution in [1.82, 2.24) is 19.5 Å². The molecule has 2 aromatic heterocycles. The number of aromatic nitrogens is 3. The molecule has 3 N–H and O–H groups in total. The highest BCUT2D eigenvalue weighted by molar-refractivity contribution is 8.01. The second-order valence-corrected chi connectivity index (χ2v) is 7.94. The first-order chi connectivity index (χ1) is 12.5. The van der Waals surface area contributed by atoms with E-state index in [-0.39, 0.29) is 17.2 Å². The van der Waals surface area contributed by atoms with Crippen molar-refractivity contribution in [2.45, 2.75) is 23.4 Å². The Bertz CT molecular complexity index is 943. The van der Waals surface area contributed by atoms with Gasteiger partial charge in [0.05, 0.1) is 6.20 Å². The smallest absolute Gasteiger partial charge is 0.449 e. The third-order valence-electron chi connectivity index (χ3n) is 4.07. The first-order valence-electron chi connectivity index (χ1n) is 7.73. The number of hydrogen-bond acceptors (Lipinski definition) is 8. The van der Waals surface area contributed by atoms with E-state index < -0.39 is 12.2 Å². The summed E-state index contributed by atoms with van der Waals surface area (Å²) in [5.41, 5.74) is 8.12. The van der Waals surface area contributed by atoms with Crippen molar-refractivity contribution in [1.29, 1.82) is 0 Å². The molecule has 0 radical (unpaired) electrons. The van der Waals surface area contributed by atoms with Crippen molar-refractivity contribution in [3.05, 3.63) is 35.5 Å². The molecule has 2 aromatic rings. The Balaban J connectivity index is 1.62. The molecule has 4 heterocycles. The van der Waals surface area contributed by atoms with Crippen LogP contribution in [0, 0.1) is 6.92 Å². The van der Waals surface area contributed by atoms with Gasteiger partial charge in [-0.2, -0.15) is 5.10 Å². The molecular weight excluding hydrogens is 378 g/mol. The molecule has 2 aliphatic heterocycles. The number of hydrogen-bond donors (Lipinski definition) is 2. The number of fused-ring (bicyclic) bond motifs is 2. The SMILES string of the molecule is Cc1cc(SCC2=C(OC(=O)O)N3C(=O)[C@@H](N)[C@H]3SC2)n2nccc2n1. The minimum Gasteiger partial charge on any atom is -0.449 e. The molecule has 1 saturated heterocycles. The lowest BCUT2D eigenvalue weighted by atomic mass is 10.1. The van der Waals surface area contributed by atoms with Crippen LogP contribution in [0.4, 0.5) is 4.79 Å².